The second-order valence-corrected chi connectivity index (χ2v) is 6.53. The number of imide groups is 1. The summed E-state index contributed by atoms with van der Waals surface area (Å²) in [5.74, 6) is -0.000469. The Morgan fingerprint density at radius 1 is 1.45 bits per heavy atom. The summed E-state index contributed by atoms with van der Waals surface area (Å²) in [5.41, 5.74) is 0. The Labute approximate surface area is 132 Å². The monoisotopic (exact) mass is 322 g/mol. The summed E-state index contributed by atoms with van der Waals surface area (Å²) in [6.07, 6.45) is 4.43. The van der Waals surface area contributed by atoms with Gasteiger partial charge < -0.3 is 10.2 Å². The number of piperidine rings is 1. The van der Waals surface area contributed by atoms with Crippen LogP contribution in [0.25, 0.3) is 0 Å². The molecule has 3 rings (SSSR count). The zero-order valence-electron chi connectivity index (χ0n) is 12.1. The normalized spacial score (nSPS) is 25.0. The number of thiazole rings is 1. The molecule has 0 bridgehead atoms. The molecule has 22 heavy (non-hydrogen) atoms. The molecule has 2 aliphatic rings. The number of hydrogen-bond acceptors (Lipinski definition) is 5. The first-order valence-electron chi connectivity index (χ1n) is 7.42. The van der Waals surface area contributed by atoms with E-state index in [1.165, 1.54) is 0 Å². The van der Waals surface area contributed by atoms with Gasteiger partial charge in [0.1, 0.15) is 6.04 Å². The van der Waals surface area contributed by atoms with Crippen LogP contribution < -0.4 is 10.6 Å². The number of rotatable bonds is 4. The molecular formula is C14H18N4O3S. The van der Waals surface area contributed by atoms with Crippen LogP contribution >= 0.6 is 11.3 Å². The van der Waals surface area contributed by atoms with E-state index in [2.05, 4.69) is 15.6 Å². The minimum atomic E-state index is -0.587. The molecule has 4 amide bonds. The van der Waals surface area contributed by atoms with E-state index in [1.54, 1.807) is 17.5 Å². The quantitative estimate of drug-likeness (QED) is 0.804. The molecular weight excluding hydrogens is 304 g/mol. The minimum absolute atomic E-state index is 0.0372. The third-order valence-electron chi connectivity index (χ3n) is 4.08. The van der Waals surface area contributed by atoms with Gasteiger partial charge in [-0.1, -0.05) is 0 Å². The fraction of sp³-hybridized carbons (Fsp3) is 0.571. The SMILES string of the molecule is O=C1NC(=O)[C@H](CCC(=O)N2CCC[C@H](c3nccs3)C2)N1. The van der Waals surface area contributed by atoms with Crippen molar-refractivity contribution in [2.75, 3.05) is 13.1 Å². The molecule has 0 unspecified atom stereocenters. The van der Waals surface area contributed by atoms with Crippen LogP contribution in [0.4, 0.5) is 4.79 Å². The summed E-state index contributed by atoms with van der Waals surface area (Å²) in [6, 6.07) is -1.07. The van der Waals surface area contributed by atoms with Gasteiger partial charge in [-0.25, -0.2) is 9.78 Å². The van der Waals surface area contributed by atoms with Gasteiger partial charge in [0, 0.05) is 37.0 Å². The molecule has 2 N–H and O–H groups in total. The predicted octanol–water partition coefficient (Wildman–Crippen LogP) is 0.837. The number of nitrogens with zero attached hydrogens (tertiary/aromatic N) is 2. The molecule has 2 aliphatic heterocycles. The lowest BCUT2D eigenvalue weighted by atomic mass is 9.98. The molecule has 2 saturated heterocycles. The average Bonchev–Trinajstić information content (AvgIpc) is 3.15. The van der Waals surface area contributed by atoms with Gasteiger partial charge in [0.15, 0.2) is 0 Å². The van der Waals surface area contributed by atoms with Gasteiger partial charge in [-0.3, -0.25) is 14.9 Å². The second kappa shape index (κ2) is 6.43. The summed E-state index contributed by atoms with van der Waals surface area (Å²) < 4.78 is 0. The Kier molecular flexibility index (Phi) is 4.37. The minimum Gasteiger partial charge on any atom is -0.342 e. The van der Waals surface area contributed by atoms with E-state index < -0.39 is 12.1 Å². The van der Waals surface area contributed by atoms with Crippen molar-refractivity contribution in [1.29, 1.82) is 0 Å². The van der Waals surface area contributed by atoms with Crippen LogP contribution in [0.3, 0.4) is 0 Å². The number of aromatic nitrogens is 1. The van der Waals surface area contributed by atoms with Gasteiger partial charge in [-0.2, -0.15) is 0 Å². The van der Waals surface area contributed by atoms with Crippen molar-refractivity contribution in [2.45, 2.75) is 37.6 Å². The Morgan fingerprint density at radius 3 is 3.00 bits per heavy atom. The molecule has 7 nitrogen and oxygen atoms in total. The third-order valence-corrected chi connectivity index (χ3v) is 5.02. The number of amides is 4. The molecule has 3 heterocycles. The molecule has 0 spiro atoms. The first-order valence-corrected chi connectivity index (χ1v) is 8.30. The lowest BCUT2D eigenvalue weighted by molar-refractivity contribution is -0.132. The Hall–Kier alpha value is -1.96. The predicted molar refractivity (Wildman–Crippen MR) is 80.4 cm³/mol. The van der Waals surface area contributed by atoms with Crippen molar-refractivity contribution >= 4 is 29.2 Å². The maximum absolute atomic E-state index is 12.3. The van der Waals surface area contributed by atoms with E-state index in [0.717, 1.165) is 24.4 Å². The highest BCUT2D eigenvalue weighted by Crippen LogP contribution is 2.28. The van der Waals surface area contributed by atoms with Gasteiger partial charge >= 0.3 is 6.03 Å². The highest BCUT2D eigenvalue weighted by atomic mass is 32.1. The Morgan fingerprint density at radius 2 is 2.32 bits per heavy atom. The number of carbonyl (C=O) groups excluding carboxylic acids is 3. The highest BCUT2D eigenvalue weighted by Gasteiger charge is 2.31. The molecule has 0 radical (unpaired) electrons. The topological polar surface area (TPSA) is 91.4 Å². The first-order chi connectivity index (χ1) is 10.6. The lowest BCUT2D eigenvalue weighted by Crippen LogP contribution is -2.40. The van der Waals surface area contributed by atoms with Crippen LogP contribution in [0.5, 0.6) is 0 Å². The molecule has 0 aliphatic carbocycles. The average molecular weight is 322 g/mol. The summed E-state index contributed by atoms with van der Waals surface area (Å²) in [6.45, 7) is 1.44. The smallest absolute Gasteiger partial charge is 0.322 e. The van der Waals surface area contributed by atoms with Gasteiger partial charge in [0.25, 0.3) is 5.91 Å². The van der Waals surface area contributed by atoms with Crippen molar-refractivity contribution in [3.05, 3.63) is 16.6 Å². The van der Waals surface area contributed by atoms with Crippen molar-refractivity contribution in [3.8, 4) is 0 Å². The van der Waals surface area contributed by atoms with E-state index in [4.69, 9.17) is 0 Å². The van der Waals surface area contributed by atoms with Crippen LogP contribution in [-0.2, 0) is 9.59 Å². The van der Waals surface area contributed by atoms with E-state index in [0.29, 0.717) is 18.9 Å². The van der Waals surface area contributed by atoms with E-state index in [-0.39, 0.29) is 18.2 Å². The van der Waals surface area contributed by atoms with Crippen molar-refractivity contribution in [3.63, 3.8) is 0 Å². The molecule has 2 fully saturated rings. The number of urea groups is 1. The zero-order chi connectivity index (χ0) is 15.5. The van der Waals surface area contributed by atoms with Crippen LogP contribution in [-0.4, -0.2) is 46.9 Å². The number of likely N-dealkylation sites (tertiary alicyclic amines) is 1. The maximum Gasteiger partial charge on any atom is 0.322 e. The van der Waals surface area contributed by atoms with Gasteiger partial charge in [-0.05, 0) is 19.3 Å². The largest absolute Gasteiger partial charge is 0.342 e. The third kappa shape index (κ3) is 3.27. The fourth-order valence-corrected chi connectivity index (χ4v) is 3.70. The summed E-state index contributed by atoms with van der Waals surface area (Å²) in [7, 11) is 0. The van der Waals surface area contributed by atoms with Crippen LogP contribution in [0.1, 0.15) is 36.6 Å². The van der Waals surface area contributed by atoms with Crippen LogP contribution in [0.15, 0.2) is 11.6 Å². The van der Waals surface area contributed by atoms with Crippen LogP contribution in [0, 0.1) is 0 Å². The second-order valence-electron chi connectivity index (χ2n) is 5.60. The van der Waals surface area contributed by atoms with E-state index in [1.807, 2.05) is 10.3 Å². The molecule has 8 heteroatoms. The standard InChI is InChI=1S/C14H18N4O3S/c19-11(4-3-10-12(20)17-14(21)16-10)18-6-1-2-9(8-18)13-15-5-7-22-13/h5,7,9-10H,1-4,6,8H2,(H2,16,17,20,21)/t9-,10-/m0/s1. The zero-order valence-corrected chi connectivity index (χ0v) is 12.9. The van der Waals surface area contributed by atoms with Crippen molar-refractivity contribution in [1.82, 2.24) is 20.5 Å². The van der Waals surface area contributed by atoms with Crippen LogP contribution in [0.2, 0.25) is 0 Å². The first kappa shape index (κ1) is 15.0. The Balaban J connectivity index is 1.51. The number of carbonyl (C=O) groups is 3. The molecule has 1 aromatic rings. The summed E-state index contributed by atoms with van der Waals surface area (Å²) >= 11 is 1.63. The van der Waals surface area contributed by atoms with Crippen molar-refractivity contribution < 1.29 is 14.4 Å². The molecule has 0 aromatic carbocycles. The summed E-state index contributed by atoms with van der Waals surface area (Å²) in [4.78, 5) is 41.0. The number of hydrogen-bond donors (Lipinski definition) is 2. The maximum atomic E-state index is 12.3. The van der Waals surface area contributed by atoms with Gasteiger partial charge in [0.2, 0.25) is 5.91 Å². The van der Waals surface area contributed by atoms with E-state index >= 15 is 0 Å². The Bertz CT molecular complexity index is 575. The molecule has 0 saturated carbocycles. The van der Waals surface area contributed by atoms with Gasteiger partial charge in [-0.15, -0.1) is 11.3 Å². The van der Waals surface area contributed by atoms with Crippen molar-refractivity contribution in [2.24, 2.45) is 0 Å². The number of nitrogens with one attached hydrogen (secondary N) is 2. The fourth-order valence-electron chi connectivity index (χ4n) is 2.93. The molecule has 2 atom stereocenters. The van der Waals surface area contributed by atoms with E-state index in [9.17, 15) is 14.4 Å². The molecule has 1 aromatic heterocycles. The van der Waals surface area contributed by atoms with Gasteiger partial charge in [0.05, 0.1) is 5.01 Å². The lowest BCUT2D eigenvalue weighted by Gasteiger charge is -2.32. The summed E-state index contributed by atoms with van der Waals surface area (Å²) in [5, 5.41) is 7.73. The highest BCUT2D eigenvalue weighted by molar-refractivity contribution is 7.09. The molecule has 118 valence electrons.